The van der Waals surface area contributed by atoms with Gasteiger partial charge in [0, 0.05) is 0 Å². The molecule has 2 atom stereocenters. The van der Waals surface area contributed by atoms with Crippen LogP contribution in [0.1, 0.15) is 62.8 Å². The molecule has 2 aromatic carbocycles. The summed E-state index contributed by atoms with van der Waals surface area (Å²) in [7, 11) is 1.65. The number of carbonyl (C=O) groups is 1. The third-order valence-corrected chi connectivity index (χ3v) is 5.54. The van der Waals surface area contributed by atoms with Gasteiger partial charge in [-0.3, -0.25) is 4.79 Å². The van der Waals surface area contributed by atoms with Crippen molar-refractivity contribution in [2.45, 2.75) is 65.0 Å². The van der Waals surface area contributed by atoms with E-state index in [1.165, 1.54) is 24.0 Å². The highest BCUT2D eigenvalue weighted by atomic mass is 16.5. The van der Waals surface area contributed by atoms with E-state index in [1.54, 1.807) is 7.11 Å². The molecule has 156 valence electrons. The number of fused-ring (bicyclic) bond motifs is 1. The maximum atomic E-state index is 12.9. The molecular formula is C25H33NO3. The van der Waals surface area contributed by atoms with E-state index >= 15 is 0 Å². The van der Waals surface area contributed by atoms with Crippen LogP contribution in [0.4, 0.5) is 0 Å². The maximum absolute atomic E-state index is 12.9. The summed E-state index contributed by atoms with van der Waals surface area (Å²) < 4.78 is 11.2. The van der Waals surface area contributed by atoms with Crippen LogP contribution in [0, 0.1) is 5.92 Å². The average molecular weight is 396 g/mol. The van der Waals surface area contributed by atoms with Gasteiger partial charge in [0.2, 0.25) is 0 Å². The van der Waals surface area contributed by atoms with Crippen molar-refractivity contribution in [1.29, 1.82) is 0 Å². The second-order valence-electron chi connectivity index (χ2n) is 8.36. The Morgan fingerprint density at radius 3 is 2.28 bits per heavy atom. The standard InChI is InChI=1S/C25H33NO3/c1-17(2)15-24(20-10-12-22(28-4)13-11-20)26-25(27)18(3)29-23-14-9-19-7-5-6-8-21(19)16-23/h9-14,16-18,24H,5-8,15H2,1-4H3,(H,26,27)/t18-,24-/m1/s1. The van der Waals surface area contributed by atoms with Gasteiger partial charge < -0.3 is 14.8 Å². The summed E-state index contributed by atoms with van der Waals surface area (Å²) >= 11 is 0. The normalized spacial score (nSPS) is 15.3. The Labute approximate surface area is 174 Å². The molecule has 1 N–H and O–H groups in total. The topological polar surface area (TPSA) is 47.6 Å². The minimum atomic E-state index is -0.551. The zero-order chi connectivity index (χ0) is 20.8. The van der Waals surface area contributed by atoms with Crippen LogP contribution in [0.3, 0.4) is 0 Å². The van der Waals surface area contributed by atoms with Crippen molar-refractivity contribution in [3.63, 3.8) is 0 Å². The molecule has 0 bridgehead atoms. The number of rotatable bonds is 8. The number of methoxy groups -OCH3 is 1. The molecule has 2 aromatic rings. The molecule has 1 aliphatic rings. The molecule has 29 heavy (non-hydrogen) atoms. The predicted octanol–water partition coefficient (Wildman–Crippen LogP) is 5.24. The first-order valence-corrected chi connectivity index (χ1v) is 10.7. The molecule has 4 heteroatoms. The van der Waals surface area contributed by atoms with Crippen LogP contribution >= 0.6 is 0 Å². The van der Waals surface area contributed by atoms with E-state index in [2.05, 4.69) is 31.3 Å². The highest BCUT2D eigenvalue weighted by Gasteiger charge is 2.22. The van der Waals surface area contributed by atoms with E-state index in [4.69, 9.17) is 9.47 Å². The fourth-order valence-electron chi connectivity index (χ4n) is 3.92. The molecule has 0 radical (unpaired) electrons. The number of aryl methyl sites for hydroxylation is 2. The van der Waals surface area contributed by atoms with Gasteiger partial charge in [-0.05, 0) is 85.9 Å². The molecule has 1 aliphatic carbocycles. The summed E-state index contributed by atoms with van der Waals surface area (Å²) in [5, 5.41) is 3.18. The quantitative estimate of drug-likeness (QED) is 0.664. The third-order valence-electron chi connectivity index (χ3n) is 5.54. The Morgan fingerprint density at radius 2 is 1.62 bits per heavy atom. The molecule has 0 aromatic heterocycles. The lowest BCUT2D eigenvalue weighted by atomic mass is 9.92. The molecule has 0 fully saturated rings. The van der Waals surface area contributed by atoms with Crippen molar-refractivity contribution >= 4 is 5.91 Å². The molecule has 0 spiro atoms. The Morgan fingerprint density at radius 1 is 0.966 bits per heavy atom. The van der Waals surface area contributed by atoms with Gasteiger partial charge in [-0.25, -0.2) is 0 Å². The second-order valence-corrected chi connectivity index (χ2v) is 8.36. The van der Waals surface area contributed by atoms with Crippen LogP contribution < -0.4 is 14.8 Å². The van der Waals surface area contributed by atoms with E-state index in [-0.39, 0.29) is 11.9 Å². The van der Waals surface area contributed by atoms with Gasteiger partial charge in [0.15, 0.2) is 6.10 Å². The maximum Gasteiger partial charge on any atom is 0.261 e. The fourth-order valence-corrected chi connectivity index (χ4v) is 3.92. The SMILES string of the molecule is COc1ccc([C@@H](CC(C)C)NC(=O)[C@@H](C)Oc2ccc3c(c2)CCCC3)cc1. The summed E-state index contributed by atoms with van der Waals surface area (Å²) in [6.45, 7) is 6.14. The molecule has 4 nitrogen and oxygen atoms in total. The van der Waals surface area contributed by atoms with E-state index < -0.39 is 6.10 Å². The lowest BCUT2D eigenvalue weighted by Crippen LogP contribution is -2.39. The van der Waals surface area contributed by atoms with Gasteiger partial charge >= 0.3 is 0 Å². The number of ether oxygens (including phenoxy) is 2. The van der Waals surface area contributed by atoms with Gasteiger partial charge in [0.1, 0.15) is 11.5 Å². The largest absolute Gasteiger partial charge is 0.497 e. The Kier molecular flexibility index (Phi) is 7.18. The lowest BCUT2D eigenvalue weighted by Gasteiger charge is -2.24. The minimum Gasteiger partial charge on any atom is -0.497 e. The number of hydrogen-bond donors (Lipinski definition) is 1. The van der Waals surface area contributed by atoms with Gasteiger partial charge in [0.05, 0.1) is 13.2 Å². The highest BCUT2D eigenvalue weighted by molar-refractivity contribution is 5.81. The van der Waals surface area contributed by atoms with Crippen LogP contribution in [0.5, 0.6) is 11.5 Å². The molecule has 3 rings (SSSR count). The van der Waals surface area contributed by atoms with Crippen molar-refractivity contribution in [3.05, 3.63) is 59.2 Å². The van der Waals surface area contributed by atoms with Gasteiger partial charge in [-0.2, -0.15) is 0 Å². The minimum absolute atomic E-state index is 0.0528. The first kappa shape index (κ1) is 21.2. The molecule has 0 unspecified atom stereocenters. The van der Waals surface area contributed by atoms with Crippen molar-refractivity contribution in [3.8, 4) is 11.5 Å². The Hall–Kier alpha value is -2.49. The van der Waals surface area contributed by atoms with Crippen LogP contribution in [-0.4, -0.2) is 19.1 Å². The van der Waals surface area contributed by atoms with Crippen molar-refractivity contribution < 1.29 is 14.3 Å². The summed E-state index contributed by atoms with van der Waals surface area (Å²) in [5.74, 6) is 1.95. The zero-order valence-electron chi connectivity index (χ0n) is 18.0. The van der Waals surface area contributed by atoms with Gasteiger partial charge in [0.25, 0.3) is 5.91 Å². The molecular weight excluding hydrogens is 362 g/mol. The fraction of sp³-hybridized carbons (Fsp3) is 0.480. The smallest absolute Gasteiger partial charge is 0.261 e. The summed E-state index contributed by atoms with van der Waals surface area (Å²) in [5.41, 5.74) is 3.85. The number of benzene rings is 2. The van der Waals surface area contributed by atoms with E-state index in [1.807, 2.05) is 37.3 Å². The molecule has 0 saturated heterocycles. The lowest BCUT2D eigenvalue weighted by molar-refractivity contribution is -0.128. The van der Waals surface area contributed by atoms with E-state index in [9.17, 15) is 4.79 Å². The summed E-state index contributed by atoms with van der Waals surface area (Å²) in [6.07, 6.45) is 5.04. The van der Waals surface area contributed by atoms with E-state index in [0.717, 1.165) is 36.3 Å². The summed E-state index contributed by atoms with van der Waals surface area (Å²) in [4.78, 5) is 12.9. The first-order chi connectivity index (χ1) is 14.0. The molecule has 0 saturated carbocycles. The van der Waals surface area contributed by atoms with Crippen LogP contribution in [-0.2, 0) is 17.6 Å². The van der Waals surface area contributed by atoms with Crippen LogP contribution in [0.15, 0.2) is 42.5 Å². The van der Waals surface area contributed by atoms with Crippen molar-refractivity contribution in [2.24, 2.45) is 5.92 Å². The number of amides is 1. The third kappa shape index (κ3) is 5.75. The van der Waals surface area contributed by atoms with E-state index in [0.29, 0.717) is 5.92 Å². The predicted molar refractivity (Wildman–Crippen MR) is 117 cm³/mol. The number of nitrogens with one attached hydrogen (secondary N) is 1. The van der Waals surface area contributed by atoms with Gasteiger partial charge in [-0.1, -0.05) is 32.0 Å². The Bertz CT molecular complexity index is 813. The number of carbonyl (C=O) groups excluding carboxylic acids is 1. The van der Waals surface area contributed by atoms with Gasteiger partial charge in [-0.15, -0.1) is 0 Å². The molecule has 1 amide bonds. The number of hydrogen-bond acceptors (Lipinski definition) is 3. The van der Waals surface area contributed by atoms with Crippen molar-refractivity contribution in [1.82, 2.24) is 5.32 Å². The van der Waals surface area contributed by atoms with Crippen LogP contribution in [0.2, 0.25) is 0 Å². The van der Waals surface area contributed by atoms with Crippen molar-refractivity contribution in [2.75, 3.05) is 7.11 Å². The first-order valence-electron chi connectivity index (χ1n) is 10.7. The average Bonchev–Trinajstić information content (AvgIpc) is 2.73. The monoisotopic (exact) mass is 395 g/mol. The highest BCUT2D eigenvalue weighted by Crippen LogP contribution is 2.27. The zero-order valence-corrected chi connectivity index (χ0v) is 18.0. The molecule has 0 aliphatic heterocycles. The second kappa shape index (κ2) is 9.82. The summed E-state index contributed by atoms with van der Waals surface area (Å²) in [6, 6.07) is 14.1. The Balaban J connectivity index is 1.66. The van der Waals surface area contributed by atoms with Crippen LogP contribution in [0.25, 0.3) is 0 Å². The molecule has 0 heterocycles.